The van der Waals surface area contributed by atoms with Gasteiger partial charge in [-0.2, -0.15) is 0 Å². The molecule has 14 heavy (non-hydrogen) atoms. The normalized spacial score (nSPS) is 17.3. The van der Waals surface area contributed by atoms with E-state index in [-0.39, 0.29) is 6.10 Å². The van der Waals surface area contributed by atoms with Crippen LogP contribution in [0.5, 0.6) is 0 Å². The van der Waals surface area contributed by atoms with Gasteiger partial charge in [0.1, 0.15) is 5.76 Å². The maximum absolute atomic E-state index is 8.91. The maximum Gasteiger partial charge on any atom is 0.117 e. The average molecular weight is 197 g/mol. The Kier molecular flexibility index (Phi) is 5.33. The topological polar surface area (TPSA) is 59.4 Å². The summed E-state index contributed by atoms with van der Waals surface area (Å²) in [6, 6.07) is 3.67. The summed E-state index contributed by atoms with van der Waals surface area (Å²) in [5.41, 5.74) is 5.20. The van der Waals surface area contributed by atoms with Crippen LogP contribution in [-0.2, 0) is 6.54 Å². The number of hydrogen-bond donors (Lipinski definition) is 2. The Morgan fingerprint density at radius 3 is 2.36 bits per heavy atom. The van der Waals surface area contributed by atoms with Crippen LogP contribution in [0.2, 0.25) is 0 Å². The third kappa shape index (κ3) is 4.44. The standard InChI is InChI=1S/C6H12O.C5H7NO/c7-6-4-2-1-3-5-6;6-4-5-2-1-3-7-5/h6-7H,1-5H2;1-3H,4,6H2. The lowest BCUT2D eigenvalue weighted by Gasteiger charge is -2.14. The minimum absolute atomic E-state index is 0.0359. The molecule has 0 atom stereocenters. The van der Waals surface area contributed by atoms with Gasteiger partial charge in [0, 0.05) is 0 Å². The van der Waals surface area contributed by atoms with Gasteiger partial charge >= 0.3 is 0 Å². The van der Waals surface area contributed by atoms with E-state index < -0.39 is 0 Å². The minimum Gasteiger partial charge on any atom is -0.468 e. The number of aliphatic hydroxyl groups excluding tert-OH is 1. The van der Waals surface area contributed by atoms with Crippen LogP contribution in [0.15, 0.2) is 22.8 Å². The first-order valence-corrected chi connectivity index (χ1v) is 5.23. The molecule has 80 valence electrons. The Bertz CT molecular complexity index is 215. The zero-order valence-corrected chi connectivity index (χ0v) is 8.48. The predicted octanol–water partition coefficient (Wildman–Crippen LogP) is 2.05. The molecule has 1 heterocycles. The van der Waals surface area contributed by atoms with Crippen molar-refractivity contribution in [1.29, 1.82) is 0 Å². The number of aliphatic hydroxyl groups is 1. The molecule has 3 nitrogen and oxygen atoms in total. The fourth-order valence-electron chi connectivity index (χ4n) is 1.51. The third-order valence-electron chi connectivity index (χ3n) is 2.36. The zero-order valence-electron chi connectivity index (χ0n) is 8.48. The number of hydrogen-bond acceptors (Lipinski definition) is 3. The molecule has 0 saturated heterocycles. The molecule has 1 fully saturated rings. The van der Waals surface area contributed by atoms with Gasteiger partial charge in [-0.15, -0.1) is 0 Å². The minimum atomic E-state index is 0.0359. The largest absolute Gasteiger partial charge is 0.468 e. The highest BCUT2D eigenvalue weighted by atomic mass is 16.3. The van der Waals surface area contributed by atoms with Crippen molar-refractivity contribution in [3.63, 3.8) is 0 Å². The summed E-state index contributed by atoms with van der Waals surface area (Å²) in [6.07, 6.45) is 7.54. The second kappa shape index (κ2) is 6.62. The van der Waals surface area contributed by atoms with E-state index >= 15 is 0 Å². The Morgan fingerprint density at radius 1 is 1.36 bits per heavy atom. The molecule has 3 heteroatoms. The van der Waals surface area contributed by atoms with Crippen LogP contribution in [-0.4, -0.2) is 11.2 Å². The van der Waals surface area contributed by atoms with Crippen molar-refractivity contribution in [2.45, 2.75) is 44.8 Å². The Labute approximate surface area is 84.9 Å². The second-order valence-corrected chi connectivity index (χ2v) is 3.58. The first-order chi connectivity index (χ1) is 6.83. The van der Waals surface area contributed by atoms with Crippen LogP contribution in [0.4, 0.5) is 0 Å². The lowest BCUT2D eigenvalue weighted by Crippen LogP contribution is -2.09. The molecule has 0 radical (unpaired) electrons. The molecule has 1 saturated carbocycles. The highest BCUT2D eigenvalue weighted by molar-refractivity contribution is 4.96. The first kappa shape index (κ1) is 11.3. The van der Waals surface area contributed by atoms with Gasteiger partial charge in [-0.05, 0) is 25.0 Å². The van der Waals surface area contributed by atoms with Gasteiger partial charge < -0.3 is 15.3 Å². The quantitative estimate of drug-likeness (QED) is 0.724. The van der Waals surface area contributed by atoms with E-state index in [4.69, 9.17) is 15.3 Å². The predicted molar refractivity (Wildman–Crippen MR) is 55.7 cm³/mol. The number of nitrogens with two attached hydrogens (primary N) is 1. The van der Waals surface area contributed by atoms with Crippen molar-refractivity contribution >= 4 is 0 Å². The van der Waals surface area contributed by atoms with Gasteiger partial charge in [0.2, 0.25) is 0 Å². The van der Waals surface area contributed by atoms with Crippen LogP contribution in [0, 0.1) is 0 Å². The Morgan fingerprint density at radius 2 is 2.07 bits per heavy atom. The lowest BCUT2D eigenvalue weighted by molar-refractivity contribution is 0.130. The van der Waals surface area contributed by atoms with Gasteiger partial charge in [-0.25, -0.2) is 0 Å². The number of rotatable bonds is 1. The molecule has 1 aliphatic carbocycles. The van der Waals surface area contributed by atoms with Crippen LogP contribution in [0.1, 0.15) is 37.9 Å². The van der Waals surface area contributed by atoms with E-state index in [1.165, 1.54) is 19.3 Å². The molecule has 1 aromatic rings. The van der Waals surface area contributed by atoms with Gasteiger partial charge in [0.15, 0.2) is 0 Å². The van der Waals surface area contributed by atoms with Gasteiger partial charge in [-0.3, -0.25) is 0 Å². The molecule has 0 bridgehead atoms. The fourth-order valence-corrected chi connectivity index (χ4v) is 1.51. The van der Waals surface area contributed by atoms with Crippen LogP contribution in [0.3, 0.4) is 0 Å². The maximum atomic E-state index is 8.91. The first-order valence-electron chi connectivity index (χ1n) is 5.23. The molecule has 0 aromatic carbocycles. The molecular weight excluding hydrogens is 178 g/mol. The monoisotopic (exact) mass is 197 g/mol. The molecule has 0 unspecified atom stereocenters. The Hall–Kier alpha value is -0.800. The summed E-state index contributed by atoms with van der Waals surface area (Å²) >= 11 is 0. The summed E-state index contributed by atoms with van der Waals surface area (Å²) in [7, 11) is 0. The molecule has 1 aromatic heterocycles. The molecular formula is C11H19NO2. The molecule has 1 aliphatic rings. The number of furan rings is 1. The summed E-state index contributed by atoms with van der Waals surface area (Å²) in [6.45, 7) is 0.493. The van der Waals surface area contributed by atoms with E-state index in [1.54, 1.807) is 6.26 Å². The van der Waals surface area contributed by atoms with Crippen molar-refractivity contribution in [2.24, 2.45) is 5.73 Å². The summed E-state index contributed by atoms with van der Waals surface area (Å²) in [5.74, 6) is 0.833. The summed E-state index contributed by atoms with van der Waals surface area (Å²) in [5, 5.41) is 8.91. The SMILES string of the molecule is NCc1ccco1.OC1CCCCC1. The highest BCUT2D eigenvalue weighted by Gasteiger charge is 2.07. The van der Waals surface area contributed by atoms with Crippen LogP contribution >= 0.6 is 0 Å². The van der Waals surface area contributed by atoms with E-state index in [9.17, 15) is 0 Å². The van der Waals surface area contributed by atoms with Crippen molar-refractivity contribution < 1.29 is 9.52 Å². The van der Waals surface area contributed by atoms with Crippen molar-refractivity contribution in [3.8, 4) is 0 Å². The fraction of sp³-hybridized carbons (Fsp3) is 0.636. The molecule has 2 rings (SSSR count). The lowest BCUT2D eigenvalue weighted by atomic mass is 9.98. The van der Waals surface area contributed by atoms with Gasteiger partial charge in [-0.1, -0.05) is 19.3 Å². The Balaban J connectivity index is 0.000000140. The third-order valence-corrected chi connectivity index (χ3v) is 2.36. The molecule has 0 amide bonds. The average Bonchev–Trinajstić information content (AvgIpc) is 2.72. The zero-order chi connectivity index (χ0) is 10.2. The highest BCUT2D eigenvalue weighted by Crippen LogP contribution is 2.16. The summed E-state index contributed by atoms with van der Waals surface area (Å²) in [4.78, 5) is 0. The van der Waals surface area contributed by atoms with Crippen molar-refractivity contribution in [3.05, 3.63) is 24.2 Å². The van der Waals surface area contributed by atoms with Crippen molar-refractivity contribution in [2.75, 3.05) is 0 Å². The molecule has 3 N–H and O–H groups in total. The van der Waals surface area contributed by atoms with E-state index in [0.717, 1.165) is 18.6 Å². The van der Waals surface area contributed by atoms with E-state index in [1.807, 2.05) is 12.1 Å². The molecule has 0 spiro atoms. The molecule has 0 aliphatic heterocycles. The van der Waals surface area contributed by atoms with E-state index in [2.05, 4.69) is 0 Å². The van der Waals surface area contributed by atoms with Gasteiger partial charge in [0.25, 0.3) is 0 Å². The smallest absolute Gasteiger partial charge is 0.117 e. The van der Waals surface area contributed by atoms with Crippen LogP contribution < -0.4 is 5.73 Å². The van der Waals surface area contributed by atoms with Crippen molar-refractivity contribution in [1.82, 2.24) is 0 Å². The second-order valence-electron chi connectivity index (χ2n) is 3.58. The summed E-state index contributed by atoms with van der Waals surface area (Å²) < 4.78 is 4.86. The van der Waals surface area contributed by atoms with Crippen LogP contribution in [0.25, 0.3) is 0 Å². The van der Waals surface area contributed by atoms with E-state index in [0.29, 0.717) is 6.54 Å². The van der Waals surface area contributed by atoms with Gasteiger partial charge in [0.05, 0.1) is 18.9 Å².